The lowest BCUT2D eigenvalue weighted by atomic mass is 10.2. The van der Waals surface area contributed by atoms with Gasteiger partial charge < -0.3 is 24.1 Å². The molecule has 0 bridgehead atoms. The second-order valence-electron chi connectivity index (χ2n) is 5.28. The average molecular weight is 367 g/mol. The molecule has 25 heavy (non-hydrogen) atoms. The van der Waals surface area contributed by atoms with Crippen LogP contribution in [0.2, 0.25) is 5.02 Å². The molecule has 0 fully saturated rings. The largest absolute Gasteiger partial charge is 0.489 e. The fourth-order valence-electron chi connectivity index (χ4n) is 2.17. The van der Waals surface area contributed by atoms with E-state index >= 15 is 0 Å². The smallest absolute Gasteiger partial charge is 0.338 e. The monoisotopic (exact) mass is 366 g/mol. The predicted molar refractivity (Wildman–Crippen MR) is 87.2 cm³/mol. The molecule has 0 aliphatic carbocycles. The summed E-state index contributed by atoms with van der Waals surface area (Å²) in [6, 6.07) is 4.44. The average Bonchev–Trinajstić information content (AvgIpc) is 2.84. The molecule has 1 aromatic heterocycles. The van der Waals surface area contributed by atoms with E-state index in [1.165, 1.54) is 12.1 Å². The zero-order chi connectivity index (χ0) is 17.8. The molecule has 0 unspecified atom stereocenters. The maximum atomic E-state index is 12.1. The molecule has 1 aliphatic rings. The molecule has 0 radical (unpaired) electrons. The third-order valence-corrected chi connectivity index (χ3v) is 3.55. The van der Waals surface area contributed by atoms with Gasteiger partial charge in [-0.05, 0) is 19.1 Å². The first-order valence-electron chi connectivity index (χ1n) is 7.52. The first kappa shape index (κ1) is 17.1. The SMILES string of the molecule is Cc1cc(NC(=O)COC(=O)c2cc(Cl)c3c(c2)OCCCO3)no1. The summed E-state index contributed by atoms with van der Waals surface area (Å²) in [5, 5.41) is 6.31. The Labute approximate surface area is 148 Å². The number of carbonyl (C=O) groups is 2. The van der Waals surface area contributed by atoms with Gasteiger partial charge in [0, 0.05) is 12.5 Å². The fraction of sp³-hybridized carbons (Fsp3) is 0.312. The first-order valence-corrected chi connectivity index (χ1v) is 7.90. The van der Waals surface area contributed by atoms with E-state index < -0.39 is 18.5 Å². The van der Waals surface area contributed by atoms with E-state index in [0.717, 1.165) is 0 Å². The second-order valence-corrected chi connectivity index (χ2v) is 5.69. The molecule has 0 saturated carbocycles. The van der Waals surface area contributed by atoms with Crippen molar-refractivity contribution in [3.8, 4) is 11.5 Å². The summed E-state index contributed by atoms with van der Waals surface area (Å²) in [6.45, 7) is 2.16. The van der Waals surface area contributed by atoms with Crippen molar-refractivity contribution < 1.29 is 28.3 Å². The summed E-state index contributed by atoms with van der Waals surface area (Å²) in [5.74, 6) is 0.326. The zero-order valence-corrected chi connectivity index (χ0v) is 14.1. The highest BCUT2D eigenvalue weighted by Crippen LogP contribution is 2.38. The summed E-state index contributed by atoms with van der Waals surface area (Å²) in [5.41, 5.74) is 0.166. The van der Waals surface area contributed by atoms with Crippen LogP contribution in [0, 0.1) is 6.92 Å². The van der Waals surface area contributed by atoms with Gasteiger partial charge in [0.25, 0.3) is 5.91 Å². The molecule has 0 atom stereocenters. The molecule has 3 rings (SSSR count). The zero-order valence-electron chi connectivity index (χ0n) is 13.3. The molecule has 0 spiro atoms. The highest BCUT2D eigenvalue weighted by molar-refractivity contribution is 6.32. The van der Waals surface area contributed by atoms with Crippen LogP contribution in [0.25, 0.3) is 0 Å². The highest BCUT2D eigenvalue weighted by atomic mass is 35.5. The van der Waals surface area contributed by atoms with E-state index in [4.69, 9.17) is 30.3 Å². The minimum absolute atomic E-state index is 0.166. The van der Waals surface area contributed by atoms with Crippen LogP contribution in [0.5, 0.6) is 11.5 Å². The number of rotatable bonds is 4. The number of hydrogen-bond donors (Lipinski definition) is 1. The van der Waals surface area contributed by atoms with Crippen molar-refractivity contribution in [2.24, 2.45) is 0 Å². The lowest BCUT2D eigenvalue weighted by molar-refractivity contribution is -0.119. The number of amides is 1. The van der Waals surface area contributed by atoms with Crippen LogP contribution in [0.3, 0.4) is 0 Å². The normalized spacial score (nSPS) is 13.0. The Hall–Kier alpha value is -2.74. The molecule has 1 amide bonds. The van der Waals surface area contributed by atoms with E-state index in [0.29, 0.717) is 36.9 Å². The minimum atomic E-state index is -0.705. The van der Waals surface area contributed by atoms with Gasteiger partial charge in [-0.25, -0.2) is 4.79 Å². The molecular weight excluding hydrogens is 352 g/mol. The van der Waals surface area contributed by atoms with Crippen LogP contribution < -0.4 is 14.8 Å². The third-order valence-electron chi connectivity index (χ3n) is 3.27. The highest BCUT2D eigenvalue weighted by Gasteiger charge is 2.20. The number of aryl methyl sites for hydroxylation is 1. The molecule has 8 nitrogen and oxygen atoms in total. The summed E-state index contributed by atoms with van der Waals surface area (Å²) in [4.78, 5) is 23.9. The quantitative estimate of drug-likeness (QED) is 0.830. The standard InChI is InChI=1S/C16H15ClN2O6/c1-9-5-13(19-25-9)18-14(20)8-24-16(21)10-6-11(17)15-12(7-10)22-3-2-4-23-15/h5-7H,2-4,8H2,1H3,(H,18,19,20). The lowest BCUT2D eigenvalue weighted by Gasteiger charge is -2.11. The van der Waals surface area contributed by atoms with Gasteiger partial charge >= 0.3 is 5.97 Å². The van der Waals surface area contributed by atoms with Gasteiger partial charge in [-0.1, -0.05) is 16.8 Å². The Bertz CT molecular complexity index is 804. The van der Waals surface area contributed by atoms with Crippen LogP contribution in [0.15, 0.2) is 22.7 Å². The maximum Gasteiger partial charge on any atom is 0.338 e. The Morgan fingerprint density at radius 3 is 2.84 bits per heavy atom. The number of carbonyl (C=O) groups excluding carboxylic acids is 2. The van der Waals surface area contributed by atoms with Crippen molar-refractivity contribution >= 4 is 29.3 Å². The molecule has 1 N–H and O–H groups in total. The number of nitrogens with zero attached hydrogens (tertiary/aromatic N) is 1. The molecule has 2 aromatic rings. The lowest BCUT2D eigenvalue weighted by Crippen LogP contribution is -2.21. The minimum Gasteiger partial charge on any atom is -0.489 e. The van der Waals surface area contributed by atoms with Gasteiger partial charge in [0.2, 0.25) is 0 Å². The Kier molecular flexibility index (Phi) is 5.08. The van der Waals surface area contributed by atoms with Crippen molar-refractivity contribution in [1.29, 1.82) is 0 Å². The Morgan fingerprint density at radius 2 is 2.08 bits per heavy atom. The number of hydrogen-bond acceptors (Lipinski definition) is 7. The van der Waals surface area contributed by atoms with Gasteiger partial charge in [-0.3, -0.25) is 4.79 Å². The van der Waals surface area contributed by atoms with E-state index in [-0.39, 0.29) is 16.4 Å². The van der Waals surface area contributed by atoms with E-state index in [1.54, 1.807) is 13.0 Å². The maximum absolute atomic E-state index is 12.1. The number of aromatic nitrogens is 1. The van der Waals surface area contributed by atoms with Gasteiger partial charge in [0.05, 0.1) is 23.8 Å². The third kappa shape index (κ3) is 4.21. The van der Waals surface area contributed by atoms with Crippen LogP contribution in [0.4, 0.5) is 5.82 Å². The van der Waals surface area contributed by atoms with Gasteiger partial charge in [0.15, 0.2) is 23.9 Å². The van der Waals surface area contributed by atoms with Crippen LogP contribution in [-0.2, 0) is 9.53 Å². The number of ether oxygens (including phenoxy) is 3. The van der Waals surface area contributed by atoms with E-state index in [1.807, 2.05) is 0 Å². The van der Waals surface area contributed by atoms with Crippen molar-refractivity contribution in [3.05, 3.63) is 34.5 Å². The van der Waals surface area contributed by atoms with Gasteiger partial charge in [-0.2, -0.15) is 0 Å². The number of nitrogens with one attached hydrogen (secondary N) is 1. The number of anilines is 1. The molecule has 1 aromatic carbocycles. The number of halogens is 1. The second kappa shape index (κ2) is 7.43. The molecule has 2 heterocycles. The topological polar surface area (TPSA) is 99.9 Å². The van der Waals surface area contributed by atoms with E-state index in [2.05, 4.69) is 10.5 Å². The van der Waals surface area contributed by atoms with Crippen LogP contribution in [-0.4, -0.2) is 36.9 Å². The van der Waals surface area contributed by atoms with Crippen molar-refractivity contribution in [2.45, 2.75) is 13.3 Å². The summed E-state index contributed by atoms with van der Waals surface area (Å²) in [7, 11) is 0. The van der Waals surface area contributed by atoms with Gasteiger partial charge in [-0.15, -0.1) is 0 Å². The van der Waals surface area contributed by atoms with Crippen molar-refractivity contribution in [2.75, 3.05) is 25.1 Å². The number of fused-ring (bicyclic) bond motifs is 1. The number of esters is 1. The van der Waals surface area contributed by atoms with Gasteiger partial charge in [0.1, 0.15) is 5.76 Å². The van der Waals surface area contributed by atoms with Crippen LogP contribution >= 0.6 is 11.6 Å². The summed E-state index contributed by atoms with van der Waals surface area (Å²) in [6.07, 6.45) is 0.715. The first-order chi connectivity index (χ1) is 12.0. The molecule has 1 aliphatic heterocycles. The Balaban J connectivity index is 1.62. The number of benzene rings is 1. The van der Waals surface area contributed by atoms with Crippen molar-refractivity contribution in [1.82, 2.24) is 5.16 Å². The fourth-order valence-corrected chi connectivity index (χ4v) is 2.43. The molecule has 9 heteroatoms. The molecule has 0 saturated heterocycles. The summed E-state index contributed by atoms with van der Waals surface area (Å²) < 4.78 is 20.8. The van der Waals surface area contributed by atoms with E-state index in [9.17, 15) is 9.59 Å². The molecular formula is C16H15ClN2O6. The van der Waals surface area contributed by atoms with Crippen LogP contribution in [0.1, 0.15) is 22.5 Å². The Morgan fingerprint density at radius 1 is 1.28 bits per heavy atom. The predicted octanol–water partition coefficient (Wildman–Crippen LogP) is 2.59. The van der Waals surface area contributed by atoms with Crippen molar-refractivity contribution in [3.63, 3.8) is 0 Å². The summed E-state index contributed by atoms with van der Waals surface area (Å²) >= 11 is 6.13. The molecule has 132 valence electrons.